The van der Waals surface area contributed by atoms with E-state index in [4.69, 9.17) is 5.73 Å². The van der Waals surface area contributed by atoms with Gasteiger partial charge in [-0.2, -0.15) is 0 Å². The van der Waals surface area contributed by atoms with Crippen LogP contribution in [0.15, 0.2) is 18.2 Å². The molecule has 2 N–H and O–H groups in total. The van der Waals surface area contributed by atoms with Gasteiger partial charge in [-0.3, -0.25) is 0 Å². The van der Waals surface area contributed by atoms with Crippen LogP contribution in [0, 0.1) is 24.6 Å². The Morgan fingerprint density at radius 3 is 2.67 bits per heavy atom. The zero-order valence-corrected chi connectivity index (χ0v) is 11.6. The van der Waals surface area contributed by atoms with Gasteiger partial charge < -0.3 is 5.73 Å². The Labute approximate surface area is 110 Å². The fraction of sp³-hybridized carbons (Fsp3) is 0.625. The summed E-state index contributed by atoms with van der Waals surface area (Å²) in [5.41, 5.74) is 8.56. The maximum Gasteiger partial charge on any atom is 0.123 e. The molecule has 2 rings (SSSR count). The first-order chi connectivity index (χ1) is 8.49. The zero-order valence-electron chi connectivity index (χ0n) is 11.6. The molecule has 18 heavy (non-hydrogen) atoms. The van der Waals surface area contributed by atoms with Crippen LogP contribution in [-0.4, -0.2) is 6.04 Å². The molecule has 0 bridgehead atoms. The van der Waals surface area contributed by atoms with E-state index in [0.29, 0.717) is 11.8 Å². The highest BCUT2D eigenvalue weighted by Crippen LogP contribution is 2.39. The minimum absolute atomic E-state index is 0.144. The molecule has 100 valence electrons. The van der Waals surface area contributed by atoms with E-state index in [1.54, 1.807) is 6.07 Å². The molecule has 0 amide bonds. The number of rotatable bonds is 2. The van der Waals surface area contributed by atoms with Crippen molar-refractivity contribution in [3.63, 3.8) is 0 Å². The SMILES string of the molecule is Cc1ccc(F)cc1C1CC(C(C)C)CCC1N. The van der Waals surface area contributed by atoms with Gasteiger partial charge in [0.15, 0.2) is 0 Å². The smallest absolute Gasteiger partial charge is 0.123 e. The first-order valence-electron chi connectivity index (χ1n) is 7.00. The molecule has 1 aliphatic rings. The van der Waals surface area contributed by atoms with Crippen molar-refractivity contribution in [1.29, 1.82) is 0 Å². The number of halogens is 1. The van der Waals surface area contributed by atoms with Crippen molar-refractivity contribution in [2.24, 2.45) is 17.6 Å². The van der Waals surface area contributed by atoms with E-state index in [-0.39, 0.29) is 11.9 Å². The van der Waals surface area contributed by atoms with Crippen LogP contribution < -0.4 is 5.73 Å². The topological polar surface area (TPSA) is 26.0 Å². The Morgan fingerprint density at radius 1 is 1.28 bits per heavy atom. The largest absolute Gasteiger partial charge is 0.327 e. The second kappa shape index (κ2) is 5.40. The highest BCUT2D eigenvalue weighted by atomic mass is 19.1. The summed E-state index contributed by atoms with van der Waals surface area (Å²) in [6, 6.07) is 5.27. The third kappa shape index (κ3) is 2.74. The van der Waals surface area contributed by atoms with Gasteiger partial charge in [0.1, 0.15) is 5.82 Å². The fourth-order valence-corrected chi connectivity index (χ4v) is 3.20. The normalized spacial score (nSPS) is 28.7. The maximum absolute atomic E-state index is 13.4. The van der Waals surface area contributed by atoms with Crippen molar-refractivity contribution in [1.82, 2.24) is 0 Å². The van der Waals surface area contributed by atoms with E-state index in [0.717, 1.165) is 24.3 Å². The van der Waals surface area contributed by atoms with E-state index >= 15 is 0 Å². The Bertz CT molecular complexity index is 414. The lowest BCUT2D eigenvalue weighted by molar-refractivity contribution is 0.232. The number of hydrogen-bond acceptors (Lipinski definition) is 1. The van der Waals surface area contributed by atoms with E-state index in [1.165, 1.54) is 18.1 Å². The number of hydrogen-bond donors (Lipinski definition) is 1. The summed E-state index contributed by atoms with van der Waals surface area (Å²) in [4.78, 5) is 0. The van der Waals surface area contributed by atoms with Crippen molar-refractivity contribution >= 4 is 0 Å². The van der Waals surface area contributed by atoms with Gasteiger partial charge in [0.05, 0.1) is 0 Å². The quantitative estimate of drug-likeness (QED) is 0.842. The van der Waals surface area contributed by atoms with Crippen LogP contribution >= 0.6 is 0 Å². The van der Waals surface area contributed by atoms with Crippen LogP contribution in [0.25, 0.3) is 0 Å². The summed E-state index contributed by atoms with van der Waals surface area (Å²) >= 11 is 0. The average Bonchev–Trinajstić information content (AvgIpc) is 2.33. The van der Waals surface area contributed by atoms with Gasteiger partial charge >= 0.3 is 0 Å². The first kappa shape index (κ1) is 13.5. The Kier molecular flexibility index (Phi) is 4.06. The Morgan fingerprint density at radius 2 is 2.00 bits per heavy atom. The molecule has 1 nitrogen and oxygen atoms in total. The minimum atomic E-state index is -0.144. The molecule has 0 aliphatic heterocycles. The summed E-state index contributed by atoms with van der Waals surface area (Å²) < 4.78 is 13.4. The molecule has 1 saturated carbocycles. The van der Waals surface area contributed by atoms with Crippen molar-refractivity contribution in [2.75, 3.05) is 0 Å². The maximum atomic E-state index is 13.4. The average molecular weight is 249 g/mol. The lowest BCUT2D eigenvalue weighted by atomic mass is 9.71. The molecule has 0 radical (unpaired) electrons. The molecule has 3 atom stereocenters. The van der Waals surface area contributed by atoms with Crippen LogP contribution in [0.1, 0.15) is 50.2 Å². The molecular weight excluding hydrogens is 225 g/mol. The van der Waals surface area contributed by atoms with Gasteiger partial charge in [-0.1, -0.05) is 19.9 Å². The molecule has 2 heteroatoms. The summed E-state index contributed by atoms with van der Waals surface area (Å²) in [5.74, 6) is 1.59. The molecule has 1 aromatic rings. The molecule has 0 spiro atoms. The number of aryl methyl sites for hydroxylation is 1. The summed E-state index contributed by atoms with van der Waals surface area (Å²) in [6.45, 7) is 6.61. The van der Waals surface area contributed by atoms with Gasteiger partial charge in [0, 0.05) is 6.04 Å². The minimum Gasteiger partial charge on any atom is -0.327 e. The number of nitrogens with two attached hydrogens (primary N) is 1. The monoisotopic (exact) mass is 249 g/mol. The van der Waals surface area contributed by atoms with Gasteiger partial charge in [0.2, 0.25) is 0 Å². The first-order valence-corrected chi connectivity index (χ1v) is 7.00. The number of benzene rings is 1. The Balaban J connectivity index is 2.26. The molecular formula is C16H24FN. The molecule has 1 aliphatic carbocycles. The molecule has 1 fully saturated rings. The summed E-state index contributed by atoms with van der Waals surface area (Å²) in [6.07, 6.45) is 3.37. The third-order valence-electron chi connectivity index (χ3n) is 4.53. The molecule has 0 heterocycles. The Hall–Kier alpha value is -0.890. The van der Waals surface area contributed by atoms with Crippen molar-refractivity contribution < 1.29 is 4.39 Å². The molecule has 0 aromatic heterocycles. The van der Waals surface area contributed by atoms with Crippen LogP contribution in [0.4, 0.5) is 4.39 Å². The lowest BCUT2D eigenvalue weighted by Gasteiger charge is -2.37. The van der Waals surface area contributed by atoms with Crippen LogP contribution in [-0.2, 0) is 0 Å². The summed E-state index contributed by atoms with van der Waals surface area (Å²) in [5, 5.41) is 0. The van der Waals surface area contributed by atoms with E-state index in [1.807, 2.05) is 6.07 Å². The van der Waals surface area contributed by atoms with Gasteiger partial charge in [-0.25, -0.2) is 4.39 Å². The van der Waals surface area contributed by atoms with Crippen molar-refractivity contribution in [2.45, 2.75) is 52.0 Å². The standard InChI is InChI=1S/C16H24FN/c1-10(2)12-5-7-16(18)15(8-12)14-9-13(17)6-4-11(14)3/h4,6,9-10,12,15-16H,5,7-8,18H2,1-3H3. The highest BCUT2D eigenvalue weighted by Gasteiger charge is 2.31. The van der Waals surface area contributed by atoms with Crippen LogP contribution in [0.5, 0.6) is 0 Å². The predicted octanol–water partition coefficient (Wildman–Crippen LogP) is 4.00. The lowest BCUT2D eigenvalue weighted by Crippen LogP contribution is -2.36. The van der Waals surface area contributed by atoms with Crippen molar-refractivity contribution in [3.05, 3.63) is 35.1 Å². The highest BCUT2D eigenvalue weighted by molar-refractivity contribution is 5.31. The molecule has 0 saturated heterocycles. The van der Waals surface area contributed by atoms with Gasteiger partial charge in [0.25, 0.3) is 0 Å². The molecule has 3 unspecified atom stereocenters. The van der Waals surface area contributed by atoms with E-state index in [2.05, 4.69) is 20.8 Å². The summed E-state index contributed by atoms with van der Waals surface area (Å²) in [7, 11) is 0. The zero-order chi connectivity index (χ0) is 13.3. The van der Waals surface area contributed by atoms with Crippen LogP contribution in [0.3, 0.4) is 0 Å². The fourth-order valence-electron chi connectivity index (χ4n) is 3.20. The van der Waals surface area contributed by atoms with E-state index in [9.17, 15) is 4.39 Å². The van der Waals surface area contributed by atoms with Gasteiger partial charge in [-0.15, -0.1) is 0 Å². The third-order valence-corrected chi connectivity index (χ3v) is 4.53. The molecule has 1 aromatic carbocycles. The van der Waals surface area contributed by atoms with Crippen LogP contribution in [0.2, 0.25) is 0 Å². The second-order valence-corrected chi connectivity index (χ2v) is 6.09. The van der Waals surface area contributed by atoms with Gasteiger partial charge in [-0.05, 0) is 67.2 Å². The predicted molar refractivity (Wildman–Crippen MR) is 74.0 cm³/mol. The second-order valence-electron chi connectivity index (χ2n) is 6.09. The van der Waals surface area contributed by atoms with E-state index < -0.39 is 0 Å². The van der Waals surface area contributed by atoms with Crippen molar-refractivity contribution in [3.8, 4) is 0 Å².